The summed E-state index contributed by atoms with van der Waals surface area (Å²) in [5, 5.41) is 0. The van der Waals surface area contributed by atoms with E-state index in [9.17, 15) is 0 Å². The second-order valence-electron chi connectivity index (χ2n) is 4.52. The molecular formula is C14H24N2O2. The van der Waals surface area contributed by atoms with Crippen LogP contribution < -0.4 is 15.2 Å². The van der Waals surface area contributed by atoms with E-state index in [-0.39, 0.29) is 0 Å². The number of nitrogens with zero attached hydrogens (tertiary/aromatic N) is 1. The molecule has 0 bridgehead atoms. The van der Waals surface area contributed by atoms with E-state index in [1.165, 1.54) is 0 Å². The van der Waals surface area contributed by atoms with Gasteiger partial charge < -0.3 is 15.2 Å². The van der Waals surface area contributed by atoms with Crippen molar-refractivity contribution in [2.75, 3.05) is 27.8 Å². The fourth-order valence-electron chi connectivity index (χ4n) is 1.89. The van der Waals surface area contributed by atoms with Crippen molar-refractivity contribution in [2.45, 2.75) is 25.9 Å². The van der Waals surface area contributed by atoms with Crippen molar-refractivity contribution in [2.24, 2.45) is 5.73 Å². The van der Waals surface area contributed by atoms with Gasteiger partial charge in [0, 0.05) is 18.2 Å². The highest BCUT2D eigenvalue weighted by atomic mass is 16.5. The lowest BCUT2D eigenvalue weighted by atomic mass is 10.1. The molecule has 2 N–H and O–H groups in total. The number of methoxy groups -OCH3 is 2. The van der Waals surface area contributed by atoms with E-state index in [0.717, 1.165) is 30.0 Å². The first-order valence-corrected chi connectivity index (χ1v) is 6.23. The number of hydrogen-bond donors (Lipinski definition) is 1. The lowest BCUT2D eigenvalue weighted by Crippen LogP contribution is -2.30. The molecule has 0 aliphatic carbocycles. The monoisotopic (exact) mass is 252 g/mol. The lowest BCUT2D eigenvalue weighted by molar-refractivity contribution is 0.236. The molecule has 4 nitrogen and oxygen atoms in total. The van der Waals surface area contributed by atoms with E-state index in [4.69, 9.17) is 15.2 Å². The zero-order valence-corrected chi connectivity index (χ0v) is 11.8. The van der Waals surface area contributed by atoms with Crippen molar-refractivity contribution in [3.63, 3.8) is 0 Å². The number of ether oxygens (including phenoxy) is 2. The third kappa shape index (κ3) is 3.89. The maximum atomic E-state index is 5.59. The van der Waals surface area contributed by atoms with Gasteiger partial charge in [0.15, 0.2) is 0 Å². The summed E-state index contributed by atoms with van der Waals surface area (Å²) in [6.07, 6.45) is 0.989. The number of rotatable bonds is 7. The third-order valence-corrected chi connectivity index (χ3v) is 3.24. The first-order valence-electron chi connectivity index (χ1n) is 6.23. The molecule has 0 aliphatic rings. The zero-order chi connectivity index (χ0) is 13.5. The van der Waals surface area contributed by atoms with Gasteiger partial charge in [-0.05, 0) is 45.1 Å². The van der Waals surface area contributed by atoms with E-state index in [2.05, 4.69) is 18.9 Å². The molecule has 1 aromatic rings. The van der Waals surface area contributed by atoms with Gasteiger partial charge in [-0.15, -0.1) is 0 Å². The van der Waals surface area contributed by atoms with Crippen molar-refractivity contribution < 1.29 is 9.47 Å². The highest BCUT2D eigenvalue weighted by molar-refractivity contribution is 5.40. The zero-order valence-electron chi connectivity index (χ0n) is 11.8. The third-order valence-electron chi connectivity index (χ3n) is 3.24. The molecule has 0 heterocycles. The molecule has 0 radical (unpaired) electrons. The van der Waals surface area contributed by atoms with Crippen LogP contribution in [0.25, 0.3) is 0 Å². The van der Waals surface area contributed by atoms with Crippen LogP contribution >= 0.6 is 0 Å². The Kier molecular flexibility index (Phi) is 5.95. The molecule has 0 fully saturated rings. The first kappa shape index (κ1) is 14.8. The quantitative estimate of drug-likeness (QED) is 0.805. The summed E-state index contributed by atoms with van der Waals surface area (Å²) in [6, 6.07) is 6.32. The summed E-state index contributed by atoms with van der Waals surface area (Å²) in [5.74, 6) is 1.74. The van der Waals surface area contributed by atoms with Crippen molar-refractivity contribution >= 4 is 0 Å². The fourth-order valence-corrected chi connectivity index (χ4v) is 1.89. The summed E-state index contributed by atoms with van der Waals surface area (Å²) in [4.78, 5) is 2.27. The van der Waals surface area contributed by atoms with Crippen LogP contribution in [0.2, 0.25) is 0 Å². The average molecular weight is 252 g/mol. The van der Waals surface area contributed by atoms with Crippen molar-refractivity contribution in [3.05, 3.63) is 23.8 Å². The predicted octanol–water partition coefficient (Wildman–Crippen LogP) is 1.87. The Bertz CT molecular complexity index is 369. The van der Waals surface area contributed by atoms with Crippen LogP contribution in [0.3, 0.4) is 0 Å². The van der Waals surface area contributed by atoms with Gasteiger partial charge in [0.2, 0.25) is 0 Å². The van der Waals surface area contributed by atoms with Gasteiger partial charge in [0.25, 0.3) is 0 Å². The molecule has 1 unspecified atom stereocenters. The normalized spacial score (nSPS) is 12.6. The minimum atomic E-state index is 0.450. The van der Waals surface area contributed by atoms with Gasteiger partial charge in [-0.2, -0.15) is 0 Å². The van der Waals surface area contributed by atoms with Gasteiger partial charge in [0.1, 0.15) is 11.5 Å². The summed E-state index contributed by atoms with van der Waals surface area (Å²) < 4.78 is 10.6. The summed E-state index contributed by atoms with van der Waals surface area (Å²) in [5.41, 5.74) is 6.72. The Morgan fingerprint density at radius 1 is 1.28 bits per heavy atom. The molecule has 18 heavy (non-hydrogen) atoms. The lowest BCUT2D eigenvalue weighted by Gasteiger charge is -2.25. The number of nitrogens with two attached hydrogens (primary N) is 1. The van der Waals surface area contributed by atoms with Crippen LogP contribution in [0.4, 0.5) is 0 Å². The minimum absolute atomic E-state index is 0.450. The molecule has 0 saturated carbocycles. The molecule has 0 aliphatic heterocycles. The molecular weight excluding hydrogens is 228 g/mol. The van der Waals surface area contributed by atoms with Gasteiger partial charge in [0.05, 0.1) is 14.2 Å². The van der Waals surface area contributed by atoms with Crippen molar-refractivity contribution in [3.8, 4) is 11.5 Å². The van der Waals surface area contributed by atoms with Crippen LogP contribution in [0, 0.1) is 0 Å². The molecule has 1 atom stereocenters. The topological polar surface area (TPSA) is 47.7 Å². The molecule has 0 spiro atoms. The highest BCUT2D eigenvalue weighted by Crippen LogP contribution is 2.25. The summed E-state index contributed by atoms with van der Waals surface area (Å²) >= 11 is 0. The maximum Gasteiger partial charge on any atom is 0.123 e. The number of hydrogen-bond acceptors (Lipinski definition) is 4. The fraction of sp³-hybridized carbons (Fsp3) is 0.571. The SMILES string of the molecule is COc1ccc(OC)c(CN(C)C(C)CCN)c1. The van der Waals surface area contributed by atoms with Gasteiger partial charge >= 0.3 is 0 Å². The second kappa shape index (κ2) is 7.24. The number of benzene rings is 1. The van der Waals surface area contributed by atoms with E-state index >= 15 is 0 Å². The molecule has 1 rings (SSSR count). The highest BCUT2D eigenvalue weighted by Gasteiger charge is 2.12. The maximum absolute atomic E-state index is 5.59. The second-order valence-corrected chi connectivity index (χ2v) is 4.52. The molecule has 4 heteroatoms. The predicted molar refractivity (Wildman–Crippen MR) is 74.1 cm³/mol. The summed E-state index contributed by atoms with van der Waals surface area (Å²) in [6.45, 7) is 3.71. The largest absolute Gasteiger partial charge is 0.497 e. The molecule has 0 aromatic heterocycles. The Balaban J connectivity index is 2.81. The first-order chi connectivity index (χ1) is 8.62. The standard InChI is InChI=1S/C14H24N2O2/c1-11(7-8-15)16(2)10-12-9-13(17-3)5-6-14(12)18-4/h5-6,9,11H,7-8,10,15H2,1-4H3. The minimum Gasteiger partial charge on any atom is -0.497 e. The summed E-state index contributed by atoms with van der Waals surface area (Å²) in [7, 11) is 5.46. The van der Waals surface area contributed by atoms with Crippen LogP contribution in [-0.2, 0) is 6.54 Å². The van der Waals surface area contributed by atoms with Gasteiger partial charge in [-0.1, -0.05) is 0 Å². The Hall–Kier alpha value is -1.26. The molecule has 0 amide bonds. The van der Waals surface area contributed by atoms with Crippen molar-refractivity contribution in [1.82, 2.24) is 4.90 Å². The van der Waals surface area contributed by atoms with Crippen LogP contribution in [-0.4, -0.2) is 38.8 Å². The van der Waals surface area contributed by atoms with Crippen molar-refractivity contribution in [1.29, 1.82) is 0 Å². The average Bonchev–Trinajstić information content (AvgIpc) is 2.38. The molecule has 1 aromatic carbocycles. The van der Waals surface area contributed by atoms with Crippen LogP contribution in [0.15, 0.2) is 18.2 Å². The Labute approximate surface area is 110 Å². The van der Waals surface area contributed by atoms with E-state index in [1.54, 1.807) is 14.2 Å². The van der Waals surface area contributed by atoms with E-state index in [1.807, 2.05) is 18.2 Å². The Morgan fingerprint density at radius 3 is 2.56 bits per heavy atom. The van der Waals surface area contributed by atoms with Crippen LogP contribution in [0.1, 0.15) is 18.9 Å². The van der Waals surface area contributed by atoms with Gasteiger partial charge in [-0.3, -0.25) is 4.90 Å². The molecule has 102 valence electrons. The van der Waals surface area contributed by atoms with Gasteiger partial charge in [-0.25, -0.2) is 0 Å². The van der Waals surface area contributed by atoms with Crippen LogP contribution in [0.5, 0.6) is 11.5 Å². The Morgan fingerprint density at radius 2 is 2.00 bits per heavy atom. The van der Waals surface area contributed by atoms with E-state index < -0.39 is 0 Å². The van der Waals surface area contributed by atoms with E-state index in [0.29, 0.717) is 12.6 Å². The smallest absolute Gasteiger partial charge is 0.123 e. The molecule has 0 saturated heterocycles.